The maximum absolute atomic E-state index is 7.62. The Morgan fingerprint density at radius 3 is 0.939 bits per heavy atom. The van der Waals surface area contributed by atoms with Crippen LogP contribution in [0.15, 0.2) is 72.8 Å². The van der Waals surface area contributed by atoms with Crippen molar-refractivity contribution < 1.29 is 28.4 Å². The van der Waals surface area contributed by atoms with E-state index in [1.165, 1.54) is 0 Å². The molecule has 3 rings (SSSR count). The summed E-state index contributed by atoms with van der Waals surface area (Å²) in [4.78, 5) is 0. The third-order valence-corrected chi connectivity index (χ3v) is 29.2. The van der Waals surface area contributed by atoms with Crippen molar-refractivity contribution in [3.05, 3.63) is 72.8 Å². The second kappa shape index (κ2) is 11.7. The maximum atomic E-state index is 7.62. The Hall–Kier alpha value is -1.60. The number of hydrogen-bond donors (Lipinski definition) is 0. The van der Waals surface area contributed by atoms with E-state index >= 15 is 0 Å². The summed E-state index contributed by atoms with van der Waals surface area (Å²) in [7, 11) is 20.0. The fourth-order valence-corrected chi connectivity index (χ4v) is 20.5. The summed E-state index contributed by atoms with van der Waals surface area (Å²) in [6, 6.07) is 22.6. The Labute approximate surface area is 202 Å². The zero-order chi connectivity index (χ0) is 23.8. The minimum absolute atomic E-state index is 0.156. The molecule has 0 amide bonds. The van der Waals surface area contributed by atoms with E-state index in [9.17, 15) is 0 Å². The van der Waals surface area contributed by atoms with Gasteiger partial charge < -0.3 is 0 Å². The van der Waals surface area contributed by atoms with Crippen LogP contribution in [0, 0.1) is 0 Å². The van der Waals surface area contributed by atoms with Crippen LogP contribution in [0.2, 0.25) is 0 Å². The Morgan fingerprint density at radius 1 is 0.485 bits per heavy atom. The SMILES string of the molecule is COCOc1cc[c]([Bi]([Cl])([Cl])([c]2ccc(OCOC)cc2)[c]2ccc(OCOC)cc2)cc1. The molecule has 0 N–H and O–H groups in total. The van der Waals surface area contributed by atoms with Crippen LogP contribution in [0.3, 0.4) is 0 Å². The van der Waals surface area contributed by atoms with Crippen molar-refractivity contribution >= 4 is 43.2 Å². The van der Waals surface area contributed by atoms with Crippen LogP contribution in [0.1, 0.15) is 0 Å². The van der Waals surface area contributed by atoms with E-state index in [1.54, 1.807) is 21.3 Å². The predicted molar refractivity (Wildman–Crippen MR) is 133 cm³/mol. The van der Waals surface area contributed by atoms with Crippen LogP contribution < -0.4 is 24.0 Å². The van der Waals surface area contributed by atoms with Gasteiger partial charge in [-0.3, -0.25) is 0 Å². The van der Waals surface area contributed by atoms with Gasteiger partial charge in [0.25, 0.3) is 0 Å². The predicted octanol–water partition coefficient (Wildman–Crippen LogP) is 3.53. The first-order valence-corrected chi connectivity index (χ1v) is 23.8. The van der Waals surface area contributed by atoms with Crippen molar-refractivity contribution in [2.45, 2.75) is 0 Å². The zero-order valence-electron chi connectivity index (χ0n) is 18.7. The summed E-state index contributed by atoms with van der Waals surface area (Å²) >= 11 is -5.08. The summed E-state index contributed by atoms with van der Waals surface area (Å²) in [5.74, 6) is 2.00. The van der Waals surface area contributed by atoms with Crippen molar-refractivity contribution in [2.75, 3.05) is 41.7 Å². The molecule has 0 fully saturated rings. The van der Waals surface area contributed by atoms with Crippen LogP contribution in [0.25, 0.3) is 0 Å². The van der Waals surface area contributed by atoms with E-state index in [-0.39, 0.29) is 20.4 Å². The van der Waals surface area contributed by atoms with Crippen LogP contribution in [0.5, 0.6) is 17.2 Å². The van der Waals surface area contributed by atoms with E-state index in [2.05, 4.69) is 0 Å². The molecule has 0 aliphatic rings. The van der Waals surface area contributed by atoms with Crippen molar-refractivity contribution in [3.63, 3.8) is 0 Å². The Kier molecular flexibility index (Phi) is 9.22. The van der Waals surface area contributed by atoms with E-state index < -0.39 is 16.4 Å². The van der Waals surface area contributed by atoms with Crippen molar-refractivity contribution in [2.24, 2.45) is 0 Å². The molecule has 6 nitrogen and oxygen atoms in total. The summed E-state index contributed by atoms with van der Waals surface area (Å²) in [5, 5.41) is 0. The molecule has 0 radical (unpaired) electrons. The summed E-state index contributed by atoms with van der Waals surface area (Å²) in [5.41, 5.74) is 0. The van der Waals surface area contributed by atoms with Gasteiger partial charge in [0.15, 0.2) is 0 Å². The first-order valence-electron chi connectivity index (χ1n) is 10.0. The molecule has 0 aromatic heterocycles. The fourth-order valence-electron chi connectivity index (χ4n) is 3.24. The molecular weight excluding hydrogens is 664 g/mol. The third-order valence-electron chi connectivity index (χ3n) is 4.90. The normalized spacial score (nSPS) is 12.6. The van der Waals surface area contributed by atoms with Crippen molar-refractivity contribution in [3.8, 4) is 17.2 Å². The zero-order valence-corrected chi connectivity index (χ0v) is 23.7. The summed E-state index contributed by atoms with van der Waals surface area (Å²) in [6.45, 7) is 0.469. The van der Waals surface area contributed by atoms with Gasteiger partial charge in [0.05, 0.1) is 0 Å². The number of ether oxygens (including phenoxy) is 6. The molecule has 0 saturated carbocycles. The molecule has 3 aromatic rings. The molecule has 0 heterocycles. The molecule has 33 heavy (non-hydrogen) atoms. The molecule has 0 aliphatic carbocycles. The van der Waals surface area contributed by atoms with Crippen LogP contribution in [-0.4, -0.2) is 58.1 Å². The first kappa shape index (κ1) is 26.0. The molecule has 0 spiro atoms. The monoisotopic (exact) mass is 690 g/mol. The van der Waals surface area contributed by atoms with Gasteiger partial charge in [0.1, 0.15) is 0 Å². The van der Waals surface area contributed by atoms with Crippen LogP contribution in [0.4, 0.5) is 0 Å². The molecule has 3 aromatic carbocycles. The topological polar surface area (TPSA) is 55.4 Å². The van der Waals surface area contributed by atoms with Crippen molar-refractivity contribution in [1.82, 2.24) is 0 Å². The van der Waals surface area contributed by atoms with Gasteiger partial charge in [0, 0.05) is 0 Å². The molecular formula is C24H27BiCl2O6. The quantitative estimate of drug-likeness (QED) is 0.214. The average molecular weight is 691 g/mol. The minimum atomic E-state index is -5.08. The number of hydrogen-bond acceptors (Lipinski definition) is 6. The number of methoxy groups -OCH3 is 3. The Bertz CT molecular complexity index is 879. The molecule has 0 bridgehead atoms. The summed E-state index contributed by atoms with van der Waals surface area (Å²) < 4.78 is 34.1. The van der Waals surface area contributed by atoms with Gasteiger partial charge in [0.2, 0.25) is 0 Å². The number of halogens is 2. The third kappa shape index (κ3) is 5.91. The van der Waals surface area contributed by atoms with Gasteiger partial charge in [-0.15, -0.1) is 0 Å². The van der Waals surface area contributed by atoms with Gasteiger partial charge in [-0.05, 0) is 0 Å². The fraction of sp³-hybridized carbons (Fsp3) is 0.250. The Morgan fingerprint density at radius 2 is 0.727 bits per heavy atom. The standard InChI is InChI=1S/3C8H9O2.Bi.2ClH/c3*1-9-7-10-8-5-3-2-4-6-8;;;/h3*3-6H,7H2,1H3;;2*1H/q;;;+2;;/p-2. The first-order chi connectivity index (χ1) is 15.9. The average Bonchev–Trinajstić information content (AvgIpc) is 2.86. The molecule has 0 aliphatic heterocycles. The molecule has 0 unspecified atom stereocenters. The van der Waals surface area contributed by atoms with Gasteiger partial charge in [-0.1, -0.05) is 0 Å². The number of rotatable bonds is 12. The second-order valence-corrected chi connectivity index (χ2v) is 33.5. The summed E-state index contributed by atoms with van der Waals surface area (Å²) in [6.07, 6.45) is 0. The Balaban J connectivity index is 2.07. The van der Waals surface area contributed by atoms with Crippen LogP contribution in [-0.2, 0) is 14.2 Å². The van der Waals surface area contributed by atoms with E-state index in [1.807, 2.05) is 72.8 Å². The number of benzene rings is 3. The molecule has 0 atom stereocenters. The van der Waals surface area contributed by atoms with E-state index in [4.69, 9.17) is 45.4 Å². The van der Waals surface area contributed by atoms with E-state index in [0.717, 1.165) is 9.81 Å². The molecule has 9 heteroatoms. The van der Waals surface area contributed by atoms with E-state index in [0.29, 0.717) is 17.2 Å². The van der Waals surface area contributed by atoms with Gasteiger partial charge in [-0.2, -0.15) is 0 Å². The van der Waals surface area contributed by atoms with Gasteiger partial charge >= 0.3 is 203 Å². The van der Waals surface area contributed by atoms with Crippen molar-refractivity contribution in [1.29, 1.82) is 0 Å². The molecule has 178 valence electrons. The molecule has 0 saturated heterocycles. The second-order valence-electron chi connectivity index (χ2n) is 7.04. The van der Waals surface area contributed by atoms with Crippen LogP contribution >= 0.6 is 17.0 Å². The van der Waals surface area contributed by atoms with Gasteiger partial charge in [-0.25, -0.2) is 0 Å².